The van der Waals surface area contributed by atoms with Crippen molar-refractivity contribution in [3.63, 3.8) is 0 Å². The van der Waals surface area contributed by atoms with Crippen molar-refractivity contribution < 1.29 is 9.53 Å². The molecule has 4 heteroatoms. The van der Waals surface area contributed by atoms with Crippen LogP contribution < -0.4 is 5.73 Å². The minimum atomic E-state index is -0.660. The van der Waals surface area contributed by atoms with Crippen LogP contribution in [0.1, 0.15) is 46.5 Å². The molecule has 0 rings (SSSR count). The highest BCUT2D eigenvalue weighted by Gasteiger charge is 2.29. The molecule has 1 atom stereocenters. The smallest absolute Gasteiger partial charge is 0.324 e. The third kappa shape index (κ3) is 6.79. The standard InChI is InChI=1S/C11H23NO2S/c1-4-5-6-7-8-14-10(13)9(12)11(2,3)15/h9,15H,4-8,12H2,1-3H3/t9-/m0/s1. The predicted octanol–water partition coefficient (Wildman–Crippen LogP) is 2.15. The topological polar surface area (TPSA) is 52.3 Å². The van der Waals surface area contributed by atoms with Crippen LogP contribution in [0, 0.1) is 0 Å². The first-order chi connectivity index (χ1) is 6.89. The number of hydrogen-bond acceptors (Lipinski definition) is 4. The zero-order valence-electron chi connectivity index (χ0n) is 9.95. The van der Waals surface area contributed by atoms with E-state index in [1.54, 1.807) is 13.8 Å². The molecule has 0 spiro atoms. The minimum absolute atomic E-state index is 0.355. The fourth-order valence-corrected chi connectivity index (χ4v) is 1.19. The van der Waals surface area contributed by atoms with Gasteiger partial charge in [0.05, 0.1) is 6.61 Å². The highest BCUT2D eigenvalue weighted by Crippen LogP contribution is 2.16. The first-order valence-electron chi connectivity index (χ1n) is 5.54. The van der Waals surface area contributed by atoms with Crippen molar-refractivity contribution in [3.8, 4) is 0 Å². The van der Waals surface area contributed by atoms with Crippen LogP contribution in [0.4, 0.5) is 0 Å². The number of rotatable bonds is 7. The lowest BCUT2D eigenvalue weighted by molar-refractivity contribution is -0.145. The molecule has 0 aromatic rings. The van der Waals surface area contributed by atoms with E-state index >= 15 is 0 Å². The van der Waals surface area contributed by atoms with Crippen LogP contribution in [0.3, 0.4) is 0 Å². The molecule has 0 bridgehead atoms. The van der Waals surface area contributed by atoms with Crippen molar-refractivity contribution in [1.82, 2.24) is 0 Å². The van der Waals surface area contributed by atoms with Crippen LogP contribution in [0.25, 0.3) is 0 Å². The van der Waals surface area contributed by atoms with E-state index in [2.05, 4.69) is 19.6 Å². The van der Waals surface area contributed by atoms with Gasteiger partial charge in [-0.1, -0.05) is 26.2 Å². The van der Waals surface area contributed by atoms with Gasteiger partial charge in [-0.05, 0) is 20.3 Å². The van der Waals surface area contributed by atoms with Crippen LogP contribution in [-0.4, -0.2) is 23.4 Å². The average Bonchev–Trinajstić information content (AvgIpc) is 2.14. The molecule has 3 nitrogen and oxygen atoms in total. The normalized spacial score (nSPS) is 13.7. The van der Waals surface area contributed by atoms with E-state index in [0.717, 1.165) is 12.8 Å². The van der Waals surface area contributed by atoms with Crippen molar-refractivity contribution in [2.45, 2.75) is 57.2 Å². The lowest BCUT2D eigenvalue weighted by Gasteiger charge is -2.23. The molecule has 0 aliphatic heterocycles. The Kier molecular flexibility index (Phi) is 7.02. The van der Waals surface area contributed by atoms with Crippen LogP contribution in [0.5, 0.6) is 0 Å². The van der Waals surface area contributed by atoms with E-state index in [0.29, 0.717) is 6.61 Å². The SMILES string of the molecule is CCCCCCOC(=O)[C@H](N)C(C)(C)S. The number of ether oxygens (including phenoxy) is 1. The number of carbonyl (C=O) groups excluding carboxylic acids is 1. The number of esters is 1. The van der Waals surface area contributed by atoms with E-state index in [1.165, 1.54) is 12.8 Å². The van der Waals surface area contributed by atoms with Crippen molar-refractivity contribution >= 4 is 18.6 Å². The fraction of sp³-hybridized carbons (Fsp3) is 0.909. The van der Waals surface area contributed by atoms with E-state index in [9.17, 15) is 4.79 Å². The Balaban J connectivity index is 3.66. The summed E-state index contributed by atoms with van der Waals surface area (Å²) in [6, 6.07) is -0.660. The van der Waals surface area contributed by atoms with Gasteiger partial charge in [0, 0.05) is 4.75 Å². The minimum Gasteiger partial charge on any atom is -0.464 e. The Morgan fingerprint density at radius 1 is 1.40 bits per heavy atom. The quantitative estimate of drug-likeness (QED) is 0.402. The second-order valence-electron chi connectivity index (χ2n) is 4.36. The molecule has 0 aliphatic rings. The van der Waals surface area contributed by atoms with Crippen molar-refractivity contribution in [3.05, 3.63) is 0 Å². The van der Waals surface area contributed by atoms with Crippen LogP contribution in [-0.2, 0) is 9.53 Å². The van der Waals surface area contributed by atoms with Gasteiger partial charge in [-0.2, -0.15) is 12.6 Å². The molecule has 0 aromatic carbocycles. The first-order valence-corrected chi connectivity index (χ1v) is 5.99. The highest BCUT2D eigenvalue weighted by atomic mass is 32.1. The maximum atomic E-state index is 11.4. The van der Waals surface area contributed by atoms with Crippen molar-refractivity contribution in [2.75, 3.05) is 6.61 Å². The maximum absolute atomic E-state index is 11.4. The number of nitrogens with two attached hydrogens (primary N) is 1. The van der Waals surface area contributed by atoms with E-state index in [1.807, 2.05) is 0 Å². The fourth-order valence-electron chi connectivity index (χ4n) is 1.08. The van der Waals surface area contributed by atoms with Gasteiger partial charge in [0.2, 0.25) is 0 Å². The third-order valence-corrected chi connectivity index (χ3v) is 2.54. The summed E-state index contributed by atoms with van der Waals surface area (Å²) in [6.07, 6.45) is 4.38. The molecule has 15 heavy (non-hydrogen) atoms. The summed E-state index contributed by atoms with van der Waals surface area (Å²) in [6.45, 7) is 6.22. The lowest BCUT2D eigenvalue weighted by Crippen LogP contribution is -2.46. The summed E-state index contributed by atoms with van der Waals surface area (Å²) >= 11 is 4.24. The largest absolute Gasteiger partial charge is 0.464 e. The van der Waals surface area contributed by atoms with Gasteiger partial charge in [-0.15, -0.1) is 0 Å². The number of unbranched alkanes of at least 4 members (excludes halogenated alkanes) is 3. The molecule has 0 amide bonds. The Bertz CT molecular complexity index is 190. The van der Waals surface area contributed by atoms with Crippen LogP contribution in [0.15, 0.2) is 0 Å². The molecular formula is C11H23NO2S. The number of hydrogen-bond donors (Lipinski definition) is 2. The van der Waals surface area contributed by atoms with Gasteiger partial charge in [0.1, 0.15) is 6.04 Å². The monoisotopic (exact) mass is 233 g/mol. The van der Waals surface area contributed by atoms with Gasteiger partial charge in [0.15, 0.2) is 0 Å². The average molecular weight is 233 g/mol. The maximum Gasteiger partial charge on any atom is 0.324 e. The van der Waals surface area contributed by atoms with Gasteiger partial charge in [-0.25, -0.2) is 0 Å². The number of carbonyl (C=O) groups is 1. The molecule has 0 saturated heterocycles. The molecule has 0 saturated carbocycles. The molecule has 0 radical (unpaired) electrons. The zero-order chi connectivity index (χ0) is 11.9. The molecular weight excluding hydrogens is 210 g/mol. The Labute approximate surface area is 98.2 Å². The second-order valence-corrected chi connectivity index (χ2v) is 5.51. The van der Waals surface area contributed by atoms with Crippen LogP contribution >= 0.6 is 12.6 Å². The van der Waals surface area contributed by atoms with Crippen molar-refractivity contribution in [2.24, 2.45) is 5.73 Å². The Morgan fingerprint density at radius 2 is 2.00 bits per heavy atom. The predicted molar refractivity (Wildman–Crippen MR) is 66.1 cm³/mol. The molecule has 0 heterocycles. The molecule has 0 unspecified atom stereocenters. The van der Waals surface area contributed by atoms with Gasteiger partial charge in [-0.3, -0.25) is 4.79 Å². The van der Waals surface area contributed by atoms with E-state index < -0.39 is 10.8 Å². The molecule has 0 fully saturated rings. The second kappa shape index (κ2) is 7.12. The van der Waals surface area contributed by atoms with Crippen LogP contribution in [0.2, 0.25) is 0 Å². The van der Waals surface area contributed by atoms with Gasteiger partial charge in [0.25, 0.3) is 0 Å². The molecule has 2 N–H and O–H groups in total. The van der Waals surface area contributed by atoms with Crippen molar-refractivity contribution in [1.29, 1.82) is 0 Å². The highest BCUT2D eigenvalue weighted by molar-refractivity contribution is 7.81. The first kappa shape index (κ1) is 14.8. The number of thiol groups is 1. The van der Waals surface area contributed by atoms with E-state index in [4.69, 9.17) is 10.5 Å². The van der Waals surface area contributed by atoms with E-state index in [-0.39, 0.29) is 5.97 Å². The summed E-state index contributed by atoms with van der Waals surface area (Å²) in [5.74, 6) is -0.355. The molecule has 0 aliphatic carbocycles. The summed E-state index contributed by atoms with van der Waals surface area (Å²) in [5, 5.41) is 0. The summed E-state index contributed by atoms with van der Waals surface area (Å²) in [4.78, 5) is 11.4. The lowest BCUT2D eigenvalue weighted by atomic mass is 10.0. The Morgan fingerprint density at radius 3 is 2.47 bits per heavy atom. The zero-order valence-corrected chi connectivity index (χ0v) is 10.8. The summed E-state index contributed by atoms with van der Waals surface area (Å²) in [5.41, 5.74) is 5.68. The molecule has 0 aromatic heterocycles. The third-order valence-electron chi connectivity index (χ3n) is 2.26. The van der Waals surface area contributed by atoms with Gasteiger partial charge < -0.3 is 10.5 Å². The summed E-state index contributed by atoms with van der Waals surface area (Å²) in [7, 11) is 0. The molecule has 90 valence electrons. The summed E-state index contributed by atoms with van der Waals surface area (Å²) < 4.78 is 4.54. The van der Waals surface area contributed by atoms with Gasteiger partial charge >= 0.3 is 5.97 Å². The Hall–Kier alpha value is -0.220.